The van der Waals surface area contributed by atoms with Gasteiger partial charge >= 0.3 is 13.1 Å². The molecule has 1 unspecified atom stereocenters. The maximum Gasteiger partial charge on any atom is 0.451 e. The van der Waals surface area contributed by atoms with E-state index in [4.69, 9.17) is 15.8 Å². The Balaban J connectivity index is 3.52. The highest BCUT2D eigenvalue weighted by atomic mass is 16.5. The molecule has 0 aliphatic rings. The first-order valence-electron chi connectivity index (χ1n) is 3.27. The number of carbonyl (C=O) groups excluding carboxylic acids is 1. The zero-order valence-electron chi connectivity index (χ0n) is 6.36. The molecule has 0 aliphatic heterocycles. The molecule has 0 aliphatic carbocycles. The van der Waals surface area contributed by atoms with Gasteiger partial charge in [-0.05, 0) is 12.7 Å². The van der Waals surface area contributed by atoms with E-state index in [1.165, 1.54) is 7.11 Å². The Morgan fingerprint density at radius 1 is 1.73 bits per heavy atom. The van der Waals surface area contributed by atoms with Gasteiger partial charge in [0.25, 0.3) is 0 Å². The first-order chi connectivity index (χ1) is 5.07. The van der Waals surface area contributed by atoms with Crippen molar-refractivity contribution in [1.29, 1.82) is 0 Å². The fourth-order valence-corrected chi connectivity index (χ4v) is 0.598. The average Bonchev–Trinajstić information content (AvgIpc) is 1.98. The Hall–Kier alpha value is -0.585. The summed E-state index contributed by atoms with van der Waals surface area (Å²) in [6.07, 6.45) is 0.292. The maximum absolute atomic E-state index is 10.6. The molecule has 0 saturated carbocycles. The Labute approximate surface area is 65.3 Å². The van der Waals surface area contributed by atoms with Gasteiger partial charge in [-0.15, -0.1) is 0 Å². The normalized spacial score (nSPS) is 12.4. The van der Waals surface area contributed by atoms with Gasteiger partial charge in [-0.25, -0.2) is 0 Å². The fourth-order valence-electron chi connectivity index (χ4n) is 0.598. The number of hydrogen-bond acceptors (Lipinski definition) is 5. The van der Waals surface area contributed by atoms with Crippen LogP contribution in [-0.2, 0) is 9.53 Å². The fraction of sp³-hybridized carbons (Fsp3) is 0.800. The minimum atomic E-state index is -1.41. The van der Waals surface area contributed by atoms with E-state index in [0.29, 0.717) is 0 Å². The van der Waals surface area contributed by atoms with Crippen LogP contribution in [0.4, 0.5) is 0 Å². The van der Waals surface area contributed by atoms with E-state index in [1.54, 1.807) is 0 Å². The van der Waals surface area contributed by atoms with Gasteiger partial charge in [-0.1, -0.05) is 0 Å². The van der Waals surface area contributed by atoms with E-state index in [1.807, 2.05) is 0 Å². The predicted octanol–water partition coefficient (Wildman–Crippen LogP) is -1.65. The molecule has 0 aromatic rings. The molecule has 5 nitrogen and oxygen atoms in total. The van der Waals surface area contributed by atoms with Gasteiger partial charge in [0.15, 0.2) is 0 Å². The van der Waals surface area contributed by atoms with E-state index in [0.717, 1.165) is 0 Å². The lowest BCUT2D eigenvalue weighted by atomic mass is 9.83. The van der Waals surface area contributed by atoms with Gasteiger partial charge in [0.05, 0.1) is 7.11 Å². The summed E-state index contributed by atoms with van der Waals surface area (Å²) in [7, 11) is -0.178. The number of hydrogen-bond donors (Lipinski definition) is 3. The molecule has 6 heteroatoms. The standard InChI is InChI=1S/C5H12BNO4/c1-11-5(8)4(7)2-3-6(9)10/h4,9-10H,2-3,7H2,1H3. The summed E-state index contributed by atoms with van der Waals surface area (Å²) in [5.74, 6) is -0.536. The molecule has 0 fully saturated rings. The van der Waals surface area contributed by atoms with Gasteiger partial charge in [0, 0.05) is 0 Å². The smallest absolute Gasteiger partial charge is 0.451 e. The molecule has 0 heterocycles. The quantitative estimate of drug-likeness (QED) is 0.339. The molecule has 0 rings (SSSR count). The molecular weight excluding hydrogens is 149 g/mol. The average molecular weight is 161 g/mol. The lowest BCUT2D eigenvalue weighted by molar-refractivity contribution is -0.142. The van der Waals surface area contributed by atoms with Crippen LogP contribution >= 0.6 is 0 Å². The summed E-state index contributed by atoms with van der Waals surface area (Å²) in [4.78, 5) is 10.6. The third-order valence-electron chi connectivity index (χ3n) is 1.24. The first kappa shape index (κ1) is 10.4. The second-order valence-corrected chi connectivity index (χ2v) is 2.19. The van der Waals surface area contributed by atoms with Crippen molar-refractivity contribution in [2.45, 2.75) is 18.8 Å². The van der Waals surface area contributed by atoms with Crippen molar-refractivity contribution in [1.82, 2.24) is 0 Å². The lowest BCUT2D eigenvalue weighted by Crippen LogP contribution is -2.32. The summed E-state index contributed by atoms with van der Waals surface area (Å²) in [5, 5.41) is 16.8. The van der Waals surface area contributed by atoms with E-state index in [2.05, 4.69) is 4.74 Å². The van der Waals surface area contributed by atoms with Crippen molar-refractivity contribution in [3.05, 3.63) is 0 Å². The Kier molecular flexibility index (Phi) is 4.84. The molecule has 64 valence electrons. The van der Waals surface area contributed by atoms with Crippen molar-refractivity contribution < 1.29 is 19.6 Å². The Morgan fingerprint density at radius 3 is 2.64 bits per heavy atom. The molecule has 0 saturated heterocycles. The highest BCUT2D eigenvalue weighted by Crippen LogP contribution is 1.98. The first-order valence-corrected chi connectivity index (χ1v) is 3.27. The van der Waals surface area contributed by atoms with E-state index in [-0.39, 0.29) is 12.7 Å². The van der Waals surface area contributed by atoms with Crippen LogP contribution in [0, 0.1) is 0 Å². The summed E-state index contributed by atoms with van der Waals surface area (Å²) >= 11 is 0. The largest absolute Gasteiger partial charge is 0.468 e. The van der Waals surface area contributed by atoms with Gasteiger partial charge in [-0.3, -0.25) is 4.79 Å². The van der Waals surface area contributed by atoms with Crippen molar-refractivity contribution in [3.8, 4) is 0 Å². The number of rotatable bonds is 4. The molecule has 1 atom stereocenters. The molecule has 0 aromatic carbocycles. The van der Waals surface area contributed by atoms with Gasteiger partial charge in [-0.2, -0.15) is 0 Å². The Bertz CT molecular complexity index is 130. The lowest BCUT2D eigenvalue weighted by Gasteiger charge is -2.07. The topological polar surface area (TPSA) is 92.8 Å². The number of esters is 1. The van der Waals surface area contributed by atoms with Crippen LogP contribution in [0.25, 0.3) is 0 Å². The van der Waals surface area contributed by atoms with Gasteiger partial charge < -0.3 is 20.5 Å². The van der Waals surface area contributed by atoms with Crippen LogP contribution in [0.1, 0.15) is 6.42 Å². The van der Waals surface area contributed by atoms with Crippen LogP contribution in [0.3, 0.4) is 0 Å². The molecular formula is C5H12BNO4. The number of methoxy groups -OCH3 is 1. The maximum atomic E-state index is 10.6. The van der Waals surface area contributed by atoms with Crippen molar-refractivity contribution >= 4 is 13.1 Å². The molecule has 0 amide bonds. The van der Waals surface area contributed by atoms with Crippen molar-refractivity contribution in [3.63, 3.8) is 0 Å². The van der Waals surface area contributed by atoms with Crippen LogP contribution in [0.2, 0.25) is 6.32 Å². The van der Waals surface area contributed by atoms with Crippen molar-refractivity contribution in [2.75, 3.05) is 7.11 Å². The highest BCUT2D eigenvalue weighted by molar-refractivity contribution is 6.40. The zero-order chi connectivity index (χ0) is 8.85. The molecule has 11 heavy (non-hydrogen) atoms. The summed E-state index contributed by atoms with van der Waals surface area (Å²) < 4.78 is 4.32. The molecule has 0 bridgehead atoms. The van der Waals surface area contributed by atoms with Gasteiger partial charge in [0.1, 0.15) is 6.04 Å². The number of ether oxygens (including phenoxy) is 1. The molecule has 0 spiro atoms. The third kappa shape index (κ3) is 4.77. The third-order valence-corrected chi connectivity index (χ3v) is 1.24. The molecule has 0 radical (unpaired) electrons. The second kappa shape index (κ2) is 5.12. The molecule has 0 aromatic heterocycles. The zero-order valence-corrected chi connectivity index (χ0v) is 6.36. The minimum absolute atomic E-state index is 0.0796. The van der Waals surface area contributed by atoms with E-state index < -0.39 is 19.1 Å². The highest BCUT2D eigenvalue weighted by Gasteiger charge is 2.16. The predicted molar refractivity (Wildman–Crippen MR) is 39.6 cm³/mol. The van der Waals surface area contributed by atoms with Crippen LogP contribution in [0.5, 0.6) is 0 Å². The van der Waals surface area contributed by atoms with Gasteiger partial charge in [0.2, 0.25) is 0 Å². The number of carbonyl (C=O) groups is 1. The SMILES string of the molecule is COC(=O)C(N)CCB(O)O. The molecule has 4 N–H and O–H groups in total. The summed E-state index contributed by atoms with van der Waals surface area (Å²) in [5.41, 5.74) is 5.28. The number of nitrogens with two attached hydrogens (primary N) is 1. The van der Waals surface area contributed by atoms with E-state index in [9.17, 15) is 4.79 Å². The van der Waals surface area contributed by atoms with Crippen molar-refractivity contribution in [2.24, 2.45) is 5.73 Å². The van der Waals surface area contributed by atoms with E-state index >= 15 is 0 Å². The van der Waals surface area contributed by atoms with Crippen LogP contribution < -0.4 is 5.73 Å². The minimum Gasteiger partial charge on any atom is -0.468 e. The summed E-state index contributed by atoms with van der Waals surface area (Å²) in [6.45, 7) is 0. The van der Waals surface area contributed by atoms with Crippen LogP contribution in [-0.4, -0.2) is 36.3 Å². The Morgan fingerprint density at radius 2 is 2.27 bits per heavy atom. The monoisotopic (exact) mass is 161 g/mol. The second-order valence-electron chi connectivity index (χ2n) is 2.19. The summed E-state index contributed by atoms with van der Waals surface area (Å²) in [6, 6.07) is -0.762. The van der Waals surface area contributed by atoms with Crippen LogP contribution in [0.15, 0.2) is 0 Å².